The van der Waals surface area contributed by atoms with Crippen molar-refractivity contribution in [2.75, 3.05) is 0 Å². The van der Waals surface area contributed by atoms with E-state index in [4.69, 9.17) is 0 Å². The molecule has 0 aliphatic heterocycles. The van der Waals surface area contributed by atoms with Crippen LogP contribution in [0.4, 0.5) is 0 Å². The van der Waals surface area contributed by atoms with Gasteiger partial charge in [0.2, 0.25) is 0 Å². The van der Waals surface area contributed by atoms with Crippen molar-refractivity contribution >= 4 is 0 Å². The van der Waals surface area contributed by atoms with Crippen molar-refractivity contribution < 1.29 is 22.4 Å². The van der Waals surface area contributed by atoms with E-state index in [1.165, 1.54) is 5.56 Å². The molecule has 1 heteroatoms. The Bertz CT molecular complexity index is 191. The van der Waals surface area contributed by atoms with Gasteiger partial charge in [-0.05, 0) is 18.4 Å². The number of hydrogen-bond acceptors (Lipinski definition) is 0. The second kappa shape index (κ2) is 6.41. The molecule has 0 fully saturated rings. The maximum absolute atomic E-state index is 3.68. The van der Waals surface area contributed by atoms with E-state index >= 15 is 0 Å². The van der Waals surface area contributed by atoms with Gasteiger partial charge in [-0.25, -0.2) is 0 Å². The minimum absolute atomic E-state index is 0. The number of allylic oxidation sites excluding steroid dienone is 1. The normalized spacial score (nSPS) is 8.36. The number of benzene rings is 1. The van der Waals surface area contributed by atoms with Crippen LogP contribution in [-0.4, -0.2) is 0 Å². The van der Waals surface area contributed by atoms with Gasteiger partial charge in [0.25, 0.3) is 0 Å². The number of hydrogen-bond donors (Lipinski definition) is 0. The quantitative estimate of drug-likeness (QED) is 0.563. The number of aryl methyl sites for hydroxylation is 1. The van der Waals surface area contributed by atoms with Crippen LogP contribution < -0.4 is 0 Å². The van der Waals surface area contributed by atoms with Gasteiger partial charge in [-0.15, -0.1) is 6.58 Å². The van der Waals surface area contributed by atoms with Gasteiger partial charge in [-0.1, -0.05) is 36.4 Å². The Hall–Kier alpha value is -0.300. The maximum Gasteiger partial charge on any atom is 0 e. The topological polar surface area (TPSA) is 0 Å². The summed E-state index contributed by atoms with van der Waals surface area (Å²) < 4.78 is 0. The summed E-state index contributed by atoms with van der Waals surface area (Å²) in [6, 6.07) is 10.5. The molecular weight excluding hydrogens is 228 g/mol. The molecule has 1 aromatic carbocycles. The molecule has 0 nitrogen and oxygen atoms in total. The first-order valence-electron chi connectivity index (χ1n) is 3.58. The molecule has 0 saturated carbocycles. The number of rotatable bonds is 3. The molecule has 0 atom stereocenters. The SMILES string of the molecule is C=CCCc1ccccc1.[Ag]. The standard InChI is InChI=1S/C10H12.Ag/c1-2-3-7-10-8-5-4-6-9-10;/h2,4-6,8-9H,1,3,7H2;. The van der Waals surface area contributed by atoms with Crippen molar-refractivity contribution in [2.45, 2.75) is 12.8 Å². The third kappa shape index (κ3) is 4.20. The van der Waals surface area contributed by atoms with Crippen molar-refractivity contribution in [3.8, 4) is 0 Å². The molecule has 0 aliphatic carbocycles. The first kappa shape index (κ1) is 10.7. The van der Waals surface area contributed by atoms with E-state index in [0.717, 1.165) is 12.8 Å². The molecule has 0 bridgehead atoms. The van der Waals surface area contributed by atoms with Crippen LogP contribution in [0.25, 0.3) is 0 Å². The summed E-state index contributed by atoms with van der Waals surface area (Å²) in [6.45, 7) is 3.68. The van der Waals surface area contributed by atoms with Crippen LogP contribution in [0, 0.1) is 0 Å². The zero-order chi connectivity index (χ0) is 7.23. The van der Waals surface area contributed by atoms with Gasteiger partial charge in [0.15, 0.2) is 0 Å². The summed E-state index contributed by atoms with van der Waals surface area (Å²) in [5.74, 6) is 0. The summed E-state index contributed by atoms with van der Waals surface area (Å²) in [7, 11) is 0. The first-order valence-corrected chi connectivity index (χ1v) is 3.58. The van der Waals surface area contributed by atoms with Crippen molar-refractivity contribution in [2.24, 2.45) is 0 Å². The molecule has 0 N–H and O–H groups in total. The Labute approximate surface area is 83.8 Å². The summed E-state index contributed by atoms with van der Waals surface area (Å²) >= 11 is 0. The fourth-order valence-electron chi connectivity index (χ4n) is 0.913. The summed E-state index contributed by atoms with van der Waals surface area (Å²) in [4.78, 5) is 0. The fraction of sp³-hybridized carbons (Fsp3) is 0.200. The Morgan fingerprint density at radius 2 is 1.82 bits per heavy atom. The summed E-state index contributed by atoms with van der Waals surface area (Å²) in [5.41, 5.74) is 1.39. The molecule has 1 rings (SSSR count). The Morgan fingerprint density at radius 1 is 1.18 bits per heavy atom. The average molecular weight is 240 g/mol. The first-order chi connectivity index (χ1) is 4.93. The predicted molar refractivity (Wildman–Crippen MR) is 45.0 cm³/mol. The summed E-state index contributed by atoms with van der Waals surface area (Å²) in [6.07, 6.45) is 4.14. The largest absolute Gasteiger partial charge is 0.103 e. The van der Waals surface area contributed by atoms with Crippen molar-refractivity contribution in [3.63, 3.8) is 0 Å². The fourth-order valence-corrected chi connectivity index (χ4v) is 0.913. The van der Waals surface area contributed by atoms with Gasteiger partial charge >= 0.3 is 0 Å². The Kier molecular flexibility index (Phi) is 6.24. The molecule has 1 radical (unpaired) electrons. The van der Waals surface area contributed by atoms with Crippen LogP contribution in [-0.2, 0) is 28.8 Å². The predicted octanol–water partition coefficient (Wildman–Crippen LogP) is 2.80. The van der Waals surface area contributed by atoms with E-state index in [1.807, 2.05) is 12.1 Å². The molecule has 0 unspecified atom stereocenters. The van der Waals surface area contributed by atoms with Gasteiger partial charge in [0.1, 0.15) is 0 Å². The van der Waals surface area contributed by atoms with Crippen LogP contribution in [0.5, 0.6) is 0 Å². The maximum atomic E-state index is 3.68. The molecule has 1 aromatic rings. The van der Waals surface area contributed by atoms with Crippen molar-refractivity contribution in [1.82, 2.24) is 0 Å². The van der Waals surface area contributed by atoms with E-state index in [9.17, 15) is 0 Å². The van der Waals surface area contributed by atoms with Crippen LogP contribution in [0.2, 0.25) is 0 Å². The Morgan fingerprint density at radius 3 is 2.36 bits per heavy atom. The molecule has 0 saturated heterocycles. The molecule has 0 heterocycles. The van der Waals surface area contributed by atoms with Gasteiger partial charge in [0.05, 0.1) is 0 Å². The van der Waals surface area contributed by atoms with E-state index in [0.29, 0.717) is 0 Å². The van der Waals surface area contributed by atoms with E-state index in [1.54, 1.807) is 0 Å². The molecular formula is C10H12Ag. The van der Waals surface area contributed by atoms with E-state index in [-0.39, 0.29) is 22.4 Å². The second-order valence-electron chi connectivity index (χ2n) is 2.31. The van der Waals surface area contributed by atoms with Gasteiger partial charge in [-0.3, -0.25) is 0 Å². The van der Waals surface area contributed by atoms with Gasteiger partial charge < -0.3 is 0 Å². The summed E-state index contributed by atoms with van der Waals surface area (Å²) in [5, 5.41) is 0. The van der Waals surface area contributed by atoms with Crippen LogP contribution in [0.3, 0.4) is 0 Å². The molecule has 0 amide bonds. The minimum Gasteiger partial charge on any atom is -0.103 e. The van der Waals surface area contributed by atoms with Crippen molar-refractivity contribution in [1.29, 1.82) is 0 Å². The van der Waals surface area contributed by atoms with Crippen molar-refractivity contribution in [3.05, 3.63) is 48.6 Å². The Balaban J connectivity index is 0.000001000. The molecule has 0 spiro atoms. The monoisotopic (exact) mass is 239 g/mol. The minimum atomic E-state index is 0. The average Bonchev–Trinajstić information content (AvgIpc) is 2.03. The van der Waals surface area contributed by atoms with Gasteiger partial charge in [-0.2, -0.15) is 0 Å². The third-order valence-electron chi connectivity index (χ3n) is 1.48. The van der Waals surface area contributed by atoms with Gasteiger partial charge in [0, 0.05) is 22.4 Å². The molecule has 11 heavy (non-hydrogen) atoms. The van der Waals surface area contributed by atoms with E-state index < -0.39 is 0 Å². The molecule has 63 valence electrons. The van der Waals surface area contributed by atoms with Crippen LogP contribution in [0.15, 0.2) is 43.0 Å². The zero-order valence-electron chi connectivity index (χ0n) is 6.39. The molecule has 0 aromatic heterocycles. The van der Waals surface area contributed by atoms with Crippen LogP contribution >= 0.6 is 0 Å². The van der Waals surface area contributed by atoms with Crippen LogP contribution in [0.1, 0.15) is 12.0 Å². The second-order valence-corrected chi connectivity index (χ2v) is 2.31. The molecule has 0 aliphatic rings. The zero-order valence-corrected chi connectivity index (χ0v) is 7.87. The third-order valence-corrected chi connectivity index (χ3v) is 1.48. The smallest absolute Gasteiger partial charge is 0 e. The van der Waals surface area contributed by atoms with E-state index in [2.05, 4.69) is 30.8 Å².